The van der Waals surface area contributed by atoms with Crippen LogP contribution >= 0.6 is 12.2 Å². The smallest absolute Gasteiger partial charge is 0.753 e. The van der Waals surface area contributed by atoms with Crippen LogP contribution in [-0.2, 0) is 20.2 Å². The molecule has 0 aromatic rings. The zero-order valence-corrected chi connectivity index (χ0v) is 11.9. The molecule has 0 aliphatic rings. The molecular formula is CHNNa2O3S3. The van der Waals surface area contributed by atoms with Gasteiger partial charge in [0.1, 0.15) is 0 Å². The summed E-state index contributed by atoms with van der Waals surface area (Å²) in [5.41, 5.74) is 0. The molecule has 1 atom stereocenters. The van der Waals surface area contributed by atoms with E-state index in [0.29, 0.717) is 0 Å². The Bertz CT molecular complexity index is 162. The summed E-state index contributed by atoms with van der Waals surface area (Å²) < 4.78 is 25.3. The number of thiocarbonyl (C=S) groups is 1. The summed E-state index contributed by atoms with van der Waals surface area (Å²) in [5, 5.41) is 8.47. The molecule has 0 aliphatic carbocycles. The number of nitrogens with zero attached hydrogens (tertiary/aromatic N) is 1. The van der Waals surface area contributed by atoms with Gasteiger partial charge in [-0.25, -0.2) is 4.21 Å². The fourth-order valence-corrected chi connectivity index (χ4v) is 0. The third-order valence-corrected chi connectivity index (χ3v) is 0. The average Bonchev–Trinajstić information content (AvgIpc) is 1.27. The average molecular weight is 217 g/mol. The Hall–Kier alpha value is 2.09. The molecule has 0 fully saturated rings. The first-order valence-corrected chi connectivity index (χ1v) is 3.88. The van der Waals surface area contributed by atoms with E-state index in [2.05, 4.69) is 23.4 Å². The molecule has 0 aromatic carbocycles. The van der Waals surface area contributed by atoms with Crippen molar-refractivity contribution in [3.63, 3.8) is 0 Å². The van der Waals surface area contributed by atoms with Crippen LogP contribution in [0.25, 0.3) is 5.41 Å². The fourth-order valence-electron chi connectivity index (χ4n) is 0. The van der Waals surface area contributed by atoms with Crippen LogP contribution in [0.3, 0.4) is 0 Å². The Morgan fingerprint density at radius 2 is 1.60 bits per heavy atom. The second kappa shape index (κ2) is 13.7. The van der Waals surface area contributed by atoms with Crippen molar-refractivity contribution in [1.82, 2.24) is 0 Å². The van der Waals surface area contributed by atoms with Crippen molar-refractivity contribution in [3.8, 4) is 0 Å². The number of hydrogen-bond donors (Lipinski definition) is 1. The molecule has 4 nitrogen and oxygen atoms in total. The monoisotopic (exact) mass is 217 g/mol. The molecule has 0 radical (unpaired) electrons. The van der Waals surface area contributed by atoms with E-state index in [0.717, 1.165) is 0 Å². The summed E-state index contributed by atoms with van der Waals surface area (Å²) in [5.74, 6) is 0. The van der Waals surface area contributed by atoms with Gasteiger partial charge in [0.15, 0.2) is 0 Å². The van der Waals surface area contributed by atoms with E-state index in [-0.39, 0.29) is 59.1 Å². The summed E-state index contributed by atoms with van der Waals surface area (Å²) in [6, 6.07) is 0. The second-order valence-corrected chi connectivity index (χ2v) is 2.82. The zero-order valence-electron chi connectivity index (χ0n) is 5.44. The molecule has 0 spiro atoms. The molecule has 9 heteroatoms. The van der Waals surface area contributed by atoms with Crippen LogP contribution in [0.4, 0.5) is 0 Å². The summed E-state index contributed by atoms with van der Waals surface area (Å²) >= 11 is 7.05. The van der Waals surface area contributed by atoms with Gasteiger partial charge in [-0.2, -0.15) is 5.16 Å². The maximum absolute atomic E-state index is 9.00. The molecule has 0 aromatic heterocycles. The van der Waals surface area contributed by atoms with Crippen LogP contribution in [0.2, 0.25) is 0 Å². The van der Waals surface area contributed by atoms with E-state index < -0.39 is 9.05 Å². The Morgan fingerprint density at radius 1 is 1.60 bits per heavy atom. The second-order valence-electron chi connectivity index (χ2n) is 0.519. The third kappa shape index (κ3) is 191. The molecule has 0 amide bonds. The van der Waals surface area contributed by atoms with Crippen molar-refractivity contribution in [2.75, 3.05) is 0 Å². The maximum atomic E-state index is 9.00. The summed E-state index contributed by atoms with van der Waals surface area (Å²) in [4.78, 5) is 0. The van der Waals surface area contributed by atoms with Gasteiger partial charge in [-0.3, -0.25) is 0 Å². The molecule has 48 valence electrons. The van der Waals surface area contributed by atoms with Gasteiger partial charge < -0.3 is 14.5 Å². The SMILES string of the molecule is O=S([O-])(O)=S.[N-]=C=S.[Na+].[Na+]. The van der Waals surface area contributed by atoms with Gasteiger partial charge in [-0.15, -0.1) is 0 Å². The van der Waals surface area contributed by atoms with Gasteiger partial charge in [-0.05, 0) is 11.2 Å². The first-order chi connectivity index (χ1) is 3.41. The van der Waals surface area contributed by atoms with Gasteiger partial charge in [-0.1, -0.05) is 12.2 Å². The Kier molecular flexibility index (Phi) is 31.0. The van der Waals surface area contributed by atoms with Crippen molar-refractivity contribution in [2.45, 2.75) is 0 Å². The standard InChI is InChI=1S/CNS.2Na.H2O3S2/c2-1-3;;;1-5(2,3)4/h;;;(H2,1,2,3,4)/q-1;2*+1;/p-1. The van der Waals surface area contributed by atoms with Gasteiger partial charge in [0.2, 0.25) is 0 Å². The van der Waals surface area contributed by atoms with Crippen molar-refractivity contribution in [2.24, 2.45) is 0 Å². The predicted octanol–water partition coefficient (Wildman–Crippen LogP) is -6.00. The Morgan fingerprint density at radius 3 is 1.60 bits per heavy atom. The maximum Gasteiger partial charge on any atom is 1.00 e. The molecule has 0 bridgehead atoms. The molecule has 1 N–H and O–H groups in total. The quantitative estimate of drug-likeness (QED) is 0.248. The van der Waals surface area contributed by atoms with Crippen LogP contribution in [0.15, 0.2) is 0 Å². The summed E-state index contributed by atoms with van der Waals surface area (Å²) in [6.07, 6.45) is 0. The van der Waals surface area contributed by atoms with Crippen LogP contribution in [0.5, 0.6) is 0 Å². The van der Waals surface area contributed by atoms with Gasteiger partial charge in [0.05, 0.1) is 9.05 Å². The molecule has 0 saturated heterocycles. The molecule has 10 heavy (non-hydrogen) atoms. The minimum atomic E-state index is -4.08. The van der Waals surface area contributed by atoms with Crippen molar-refractivity contribution >= 4 is 37.6 Å². The molecule has 1 unspecified atom stereocenters. The zero-order chi connectivity index (χ0) is 7.21. The van der Waals surface area contributed by atoms with Crippen molar-refractivity contribution in [3.05, 3.63) is 5.41 Å². The number of rotatable bonds is 0. The summed E-state index contributed by atoms with van der Waals surface area (Å²) in [6.45, 7) is 0. The van der Waals surface area contributed by atoms with Crippen molar-refractivity contribution in [1.29, 1.82) is 0 Å². The van der Waals surface area contributed by atoms with E-state index in [9.17, 15) is 0 Å². The Labute approximate surface area is 114 Å². The predicted molar refractivity (Wildman–Crippen MR) is 34.9 cm³/mol. The first kappa shape index (κ1) is 22.7. The van der Waals surface area contributed by atoms with Crippen LogP contribution in [-0.4, -0.2) is 18.5 Å². The number of isothiocyanates is 1. The topological polar surface area (TPSA) is 82.7 Å². The number of hydrogen-bond acceptors (Lipinski definition) is 4. The minimum Gasteiger partial charge on any atom is -0.753 e. The van der Waals surface area contributed by atoms with E-state index >= 15 is 0 Å². The normalized spacial score (nSPS) is 11.4. The van der Waals surface area contributed by atoms with E-state index in [1.165, 1.54) is 5.16 Å². The third-order valence-electron chi connectivity index (χ3n) is 0. The fraction of sp³-hybridized carbons (Fsp3) is 0. The molecule has 0 aliphatic heterocycles. The van der Waals surface area contributed by atoms with Gasteiger partial charge in [0.25, 0.3) is 0 Å². The Balaban J connectivity index is -0.0000000326. The van der Waals surface area contributed by atoms with Gasteiger partial charge in [0, 0.05) is 0 Å². The minimum absolute atomic E-state index is 0. The van der Waals surface area contributed by atoms with E-state index in [4.69, 9.17) is 18.7 Å². The molecule has 0 rings (SSSR count). The van der Waals surface area contributed by atoms with Crippen LogP contribution in [0.1, 0.15) is 0 Å². The molecular weight excluding hydrogens is 216 g/mol. The molecule has 0 saturated carbocycles. The van der Waals surface area contributed by atoms with Crippen LogP contribution < -0.4 is 59.1 Å². The van der Waals surface area contributed by atoms with Gasteiger partial charge >= 0.3 is 59.1 Å². The van der Waals surface area contributed by atoms with E-state index in [1.807, 2.05) is 0 Å². The largest absolute Gasteiger partial charge is 1.00 e. The van der Waals surface area contributed by atoms with E-state index in [1.54, 1.807) is 0 Å². The van der Waals surface area contributed by atoms with Crippen LogP contribution in [0, 0.1) is 0 Å². The summed E-state index contributed by atoms with van der Waals surface area (Å²) in [7, 11) is -4.08. The van der Waals surface area contributed by atoms with Crippen molar-refractivity contribution < 1.29 is 72.4 Å². The first-order valence-electron chi connectivity index (χ1n) is 1.11. The molecule has 0 heterocycles.